The van der Waals surface area contributed by atoms with E-state index in [1.807, 2.05) is 0 Å². The molecule has 0 N–H and O–H groups in total. The second kappa shape index (κ2) is 9.98. The van der Waals surface area contributed by atoms with Crippen molar-refractivity contribution in [2.45, 2.75) is 19.9 Å². The number of para-hydroxylation sites is 2. The summed E-state index contributed by atoms with van der Waals surface area (Å²) in [7, 11) is 0. The largest absolute Gasteiger partial charge is 0.341 e. The van der Waals surface area contributed by atoms with Crippen LogP contribution in [0, 0.1) is 12.3 Å². The first-order valence-corrected chi connectivity index (χ1v) is 14.4. The highest BCUT2D eigenvalue weighted by atomic mass is 15.3. The van der Waals surface area contributed by atoms with E-state index in [0.29, 0.717) is 0 Å². The minimum Gasteiger partial charge on any atom is -0.341 e. The lowest BCUT2D eigenvalue weighted by molar-refractivity contribution is 0.427. The second-order valence-corrected chi connectivity index (χ2v) is 11.3. The van der Waals surface area contributed by atoms with E-state index in [0.717, 1.165) is 30.6 Å². The number of allylic oxidation sites excluding steroid dienone is 6. The van der Waals surface area contributed by atoms with Gasteiger partial charge in [0.2, 0.25) is 0 Å². The van der Waals surface area contributed by atoms with Gasteiger partial charge < -0.3 is 9.80 Å². The lowest BCUT2D eigenvalue weighted by atomic mass is 9.88. The van der Waals surface area contributed by atoms with E-state index in [1.165, 1.54) is 50.6 Å². The van der Waals surface area contributed by atoms with Crippen LogP contribution < -0.4 is 4.90 Å². The van der Waals surface area contributed by atoms with Gasteiger partial charge in [0.15, 0.2) is 0 Å². The van der Waals surface area contributed by atoms with Crippen LogP contribution in [0.3, 0.4) is 0 Å². The lowest BCUT2D eigenvalue weighted by Crippen LogP contribution is -2.28. The van der Waals surface area contributed by atoms with Gasteiger partial charge >= 0.3 is 0 Å². The van der Waals surface area contributed by atoms with Crippen molar-refractivity contribution in [3.63, 3.8) is 0 Å². The molecule has 0 radical (unpaired) electrons. The molecule has 4 aromatic carbocycles. The van der Waals surface area contributed by atoms with Crippen LogP contribution in [0.5, 0.6) is 0 Å². The lowest BCUT2D eigenvalue weighted by Gasteiger charge is -2.32. The molecule has 1 unspecified atom stereocenters. The summed E-state index contributed by atoms with van der Waals surface area (Å²) in [6.45, 7) is 12.4. The molecule has 3 aliphatic rings. The van der Waals surface area contributed by atoms with E-state index < -0.39 is 0 Å². The molecule has 0 saturated heterocycles. The molecule has 7 rings (SSSR count). The van der Waals surface area contributed by atoms with Crippen molar-refractivity contribution in [3.8, 4) is 11.1 Å². The van der Waals surface area contributed by atoms with E-state index in [9.17, 15) is 0 Å². The van der Waals surface area contributed by atoms with Crippen molar-refractivity contribution in [2.75, 3.05) is 11.4 Å². The van der Waals surface area contributed by atoms with E-state index in [-0.39, 0.29) is 5.41 Å². The third-order valence-corrected chi connectivity index (χ3v) is 8.58. The van der Waals surface area contributed by atoms with E-state index in [1.54, 1.807) is 0 Å². The highest BCUT2D eigenvalue weighted by Crippen LogP contribution is 2.63. The standard InChI is InChI=1S/C39H34N2/c1-4-21-39-25-38(39)41(26-30-22-28(2)23-32(24-30)31-13-7-5-8-14-31)37-27-40(33-15-9-6-10-16-33)36-18-12-11-17-34(36)29(3)19-20-35(37)39/h4-20,22-25H,1,3,21,26-27H2,2H3/b20-19-. The molecule has 2 heterocycles. The molecule has 41 heavy (non-hydrogen) atoms. The summed E-state index contributed by atoms with van der Waals surface area (Å²) >= 11 is 0. The molecule has 2 nitrogen and oxygen atoms in total. The summed E-state index contributed by atoms with van der Waals surface area (Å²) in [6.07, 6.45) is 9.93. The molecule has 1 aliphatic carbocycles. The Balaban J connectivity index is 1.35. The fraction of sp³-hybridized carbons (Fsp3) is 0.128. The minimum absolute atomic E-state index is 0.0845. The molecule has 2 aliphatic heterocycles. The Hall–Kier alpha value is -4.82. The third kappa shape index (κ3) is 4.37. The van der Waals surface area contributed by atoms with E-state index in [2.05, 4.69) is 157 Å². The second-order valence-electron chi connectivity index (χ2n) is 11.3. The molecular weight excluding hydrogens is 496 g/mol. The van der Waals surface area contributed by atoms with E-state index in [4.69, 9.17) is 0 Å². The monoisotopic (exact) mass is 530 g/mol. The molecule has 1 atom stereocenters. The Morgan fingerprint density at radius 2 is 1.56 bits per heavy atom. The Kier molecular flexibility index (Phi) is 6.12. The molecule has 2 heteroatoms. The molecule has 0 fully saturated rings. The maximum atomic E-state index is 4.50. The first-order valence-electron chi connectivity index (χ1n) is 14.4. The van der Waals surface area contributed by atoms with Gasteiger partial charge in [-0.15, -0.1) is 6.58 Å². The number of anilines is 2. The average molecular weight is 531 g/mol. The number of hydrogen-bond donors (Lipinski definition) is 0. The molecule has 4 aromatic rings. The Bertz CT molecular complexity index is 1760. The van der Waals surface area contributed by atoms with Gasteiger partial charge in [-0.2, -0.15) is 0 Å². The van der Waals surface area contributed by atoms with Crippen molar-refractivity contribution < 1.29 is 0 Å². The summed E-state index contributed by atoms with van der Waals surface area (Å²) in [5.74, 6) is 0. The number of nitrogens with zero attached hydrogens (tertiary/aromatic N) is 2. The Morgan fingerprint density at radius 1 is 0.829 bits per heavy atom. The van der Waals surface area contributed by atoms with Gasteiger partial charge in [-0.1, -0.05) is 109 Å². The van der Waals surface area contributed by atoms with Crippen LogP contribution in [0.15, 0.2) is 158 Å². The molecule has 0 bridgehead atoms. The molecular formula is C39H34N2. The summed E-state index contributed by atoms with van der Waals surface area (Å²) < 4.78 is 0. The van der Waals surface area contributed by atoms with Crippen LogP contribution >= 0.6 is 0 Å². The molecule has 200 valence electrons. The molecule has 0 saturated carbocycles. The summed E-state index contributed by atoms with van der Waals surface area (Å²) in [6, 6.07) is 37.0. The van der Waals surface area contributed by atoms with Gasteiger partial charge in [-0.05, 0) is 71.5 Å². The van der Waals surface area contributed by atoms with Gasteiger partial charge in [0, 0.05) is 34.9 Å². The van der Waals surface area contributed by atoms with Crippen molar-refractivity contribution in [3.05, 3.63) is 174 Å². The van der Waals surface area contributed by atoms with Crippen LogP contribution in [0.4, 0.5) is 11.4 Å². The van der Waals surface area contributed by atoms with Crippen molar-refractivity contribution in [1.82, 2.24) is 4.90 Å². The number of benzene rings is 4. The summed E-state index contributed by atoms with van der Waals surface area (Å²) in [5, 5.41) is 0. The van der Waals surface area contributed by atoms with Gasteiger partial charge in [-0.25, -0.2) is 0 Å². The van der Waals surface area contributed by atoms with Gasteiger partial charge in [-0.3, -0.25) is 0 Å². The summed E-state index contributed by atoms with van der Waals surface area (Å²) in [4.78, 5) is 5.02. The smallest absolute Gasteiger partial charge is 0.0637 e. The molecule has 0 spiro atoms. The highest BCUT2D eigenvalue weighted by molar-refractivity contribution is 5.85. The van der Waals surface area contributed by atoms with Gasteiger partial charge in [0.25, 0.3) is 0 Å². The fourth-order valence-electron chi connectivity index (χ4n) is 6.64. The Labute approximate surface area is 243 Å². The SMILES string of the molecule is C=CCC12C=C1N(Cc1cc(C)cc(-c3ccccc3)c1)C1=C2/C=C\C(=C)c2ccccc2N(c2ccccc2)C1. The topological polar surface area (TPSA) is 6.48 Å². The number of hydrogen-bond acceptors (Lipinski definition) is 2. The van der Waals surface area contributed by atoms with Crippen molar-refractivity contribution >= 4 is 16.9 Å². The zero-order valence-corrected chi connectivity index (χ0v) is 23.6. The maximum absolute atomic E-state index is 4.50. The number of rotatable bonds is 6. The predicted octanol–water partition coefficient (Wildman–Crippen LogP) is 9.61. The fourth-order valence-corrected chi connectivity index (χ4v) is 6.64. The Morgan fingerprint density at radius 3 is 2.34 bits per heavy atom. The molecule has 0 amide bonds. The number of aryl methyl sites for hydroxylation is 1. The van der Waals surface area contributed by atoms with E-state index >= 15 is 0 Å². The zero-order valence-electron chi connectivity index (χ0n) is 23.6. The van der Waals surface area contributed by atoms with Crippen molar-refractivity contribution in [1.29, 1.82) is 0 Å². The average Bonchev–Trinajstić information content (AvgIpc) is 3.65. The van der Waals surface area contributed by atoms with Gasteiger partial charge in [0.1, 0.15) is 0 Å². The summed E-state index contributed by atoms with van der Waals surface area (Å²) in [5.41, 5.74) is 13.7. The van der Waals surface area contributed by atoms with Crippen LogP contribution in [-0.2, 0) is 6.54 Å². The van der Waals surface area contributed by atoms with Gasteiger partial charge in [0.05, 0.1) is 12.0 Å². The van der Waals surface area contributed by atoms with Crippen LogP contribution in [0.2, 0.25) is 0 Å². The molecule has 0 aromatic heterocycles. The first-order chi connectivity index (χ1) is 20.1. The van der Waals surface area contributed by atoms with Crippen LogP contribution in [-0.4, -0.2) is 11.4 Å². The zero-order chi connectivity index (χ0) is 28.0. The number of fused-ring (bicyclic) bond motifs is 3. The third-order valence-electron chi connectivity index (χ3n) is 8.58. The minimum atomic E-state index is -0.0845. The maximum Gasteiger partial charge on any atom is 0.0637 e. The van der Waals surface area contributed by atoms with Crippen LogP contribution in [0.1, 0.15) is 23.1 Å². The van der Waals surface area contributed by atoms with Crippen LogP contribution in [0.25, 0.3) is 16.7 Å². The van der Waals surface area contributed by atoms with Crippen molar-refractivity contribution in [2.24, 2.45) is 5.41 Å². The first kappa shape index (κ1) is 25.2. The highest BCUT2D eigenvalue weighted by Gasteiger charge is 2.55. The quantitative estimate of drug-likeness (QED) is 0.229. The predicted molar refractivity (Wildman–Crippen MR) is 173 cm³/mol. The normalized spacial score (nSPS) is 19.8.